The fraction of sp³-hybridized carbons (Fsp3) is 0.0625. The van der Waals surface area contributed by atoms with Gasteiger partial charge in [-0.15, -0.1) is 0 Å². The number of imidazole rings is 1. The number of nitro benzene ring substituents is 1. The summed E-state index contributed by atoms with van der Waals surface area (Å²) in [5.41, 5.74) is 1.51. The smallest absolute Gasteiger partial charge is 0.269 e. The molecule has 7 nitrogen and oxygen atoms in total. The van der Waals surface area contributed by atoms with Gasteiger partial charge in [0.15, 0.2) is 11.7 Å². The summed E-state index contributed by atoms with van der Waals surface area (Å²) in [7, 11) is 0. The largest absolute Gasteiger partial charge is 0.340 e. The molecule has 1 aromatic heterocycles. The number of carbonyl (C=O) groups is 1. The van der Waals surface area contributed by atoms with E-state index in [4.69, 9.17) is 0 Å². The van der Waals surface area contributed by atoms with E-state index in [0.29, 0.717) is 5.52 Å². The van der Waals surface area contributed by atoms with Crippen molar-refractivity contribution in [3.05, 3.63) is 70.0 Å². The van der Waals surface area contributed by atoms with E-state index in [1.165, 1.54) is 24.3 Å². The predicted molar refractivity (Wildman–Crippen MR) is 81.9 cm³/mol. The number of aromatic nitrogens is 2. The second-order valence-corrected chi connectivity index (χ2v) is 4.87. The molecule has 0 saturated heterocycles. The van der Waals surface area contributed by atoms with E-state index in [-0.39, 0.29) is 17.1 Å². The SMILES string of the molecule is N#C[C@@H](C(=O)c1ccc([N+](=O)[O-])cc1)c1nc2ccccc2[nH]1. The molecule has 0 aliphatic heterocycles. The van der Waals surface area contributed by atoms with Crippen molar-refractivity contribution in [2.24, 2.45) is 0 Å². The van der Waals surface area contributed by atoms with Crippen LogP contribution in [0.15, 0.2) is 48.5 Å². The maximum absolute atomic E-state index is 12.5. The Morgan fingerprint density at radius 3 is 2.52 bits per heavy atom. The van der Waals surface area contributed by atoms with Crippen LogP contribution < -0.4 is 0 Å². The first-order valence-electron chi connectivity index (χ1n) is 6.73. The summed E-state index contributed by atoms with van der Waals surface area (Å²) in [4.78, 5) is 29.8. The molecule has 0 saturated carbocycles. The van der Waals surface area contributed by atoms with Gasteiger partial charge in [-0.1, -0.05) is 12.1 Å². The van der Waals surface area contributed by atoms with Crippen molar-refractivity contribution in [1.82, 2.24) is 9.97 Å². The third kappa shape index (κ3) is 2.65. The van der Waals surface area contributed by atoms with Crippen molar-refractivity contribution in [3.8, 4) is 6.07 Å². The van der Waals surface area contributed by atoms with Gasteiger partial charge < -0.3 is 4.98 Å². The Hall–Kier alpha value is -3.53. The van der Waals surface area contributed by atoms with Crippen LogP contribution in [0.5, 0.6) is 0 Å². The van der Waals surface area contributed by atoms with Gasteiger partial charge in [-0.05, 0) is 24.3 Å². The Labute approximate surface area is 130 Å². The van der Waals surface area contributed by atoms with Crippen LogP contribution >= 0.6 is 0 Å². The standard InChI is InChI=1S/C16H10N4O3/c17-9-12(16-18-13-3-1-2-4-14(13)19-16)15(21)10-5-7-11(8-6-10)20(22)23/h1-8,12H,(H,18,19)/t12-/m0/s1. The average molecular weight is 306 g/mol. The van der Waals surface area contributed by atoms with Crippen LogP contribution in [0.4, 0.5) is 5.69 Å². The topological polar surface area (TPSA) is 113 Å². The minimum atomic E-state index is -1.09. The highest BCUT2D eigenvalue weighted by Crippen LogP contribution is 2.22. The first kappa shape index (κ1) is 14.4. The lowest BCUT2D eigenvalue weighted by molar-refractivity contribution is -0.384. The molecule has 3 rings (SSSR count). The van der Waals surface area contributed by atoms with Crippen LogP contribution in [0, 0.1) is 21.4 Å². The van der Waals surface area contributed by atoms with E-state index in [1.54, 1.807) is 12.1 Å². The average Bonchev–Trinajstić information content (AvgIpc) is 2.99. The number of carbonyl (C=O) groups excluding carboxylic acids is 1. The number of rotatable bonds is 4. The van der Waals surface area contributed by atoms with Crippen molar-refractivity contribution < 1.29 is 9.72 Å². The molecule has 0 fully saturated rings. The lowest BCUT2D eigenvalue weighted by Crippen LogP contribution is -2.12. The summed E-state index contributed by atoms with van der Waals surface area (Å²) in [5.74, 6) is -1.29. The zero-order valence-corrected chi connectivity index (χ0v) is 11.8. The third-order valence-electron chi connectivity index (χ3n) is 3.44. The molecule has 0 aliphatic carbocycles. The summed E-state index contributed by atoms with van der Waals surface area (Å²) in [6.45, 7) is 0. The minimum absolute atomic E-state index is 0.112. The second kappa shape index (κ2) is 5.69. The number of nitrogens with one attached hydrogen (secondary N) is 1. The van der Waals surface area contributed by atoms with Gasteiger partial charge in [-0.25, -0.2) is 4.98 Å². The Kier molecular flexibility index (Phi) is 3.57. The number of benzene rings is 2. The Bertz CT molecular complexity index is 905. The number of aromatic amines is 1. The van der Waals surface area contributed by atoms with Crippen molar-refractivity contribution >= 4 is 22.5 Å². The number of nitrogens with zero attached hydrogens (tertiary/aromatic N) is 3. The monoisotopic (exact) mass is 306 g/mol. The van der Waals surface area contributed by atoms with Crippen molar-refractivity contribution in [2.75, 3.05) is 0 Å². The molecule has 0 aliphatic rings. The molecule has 2 aromatic carbocycles. The molecule has 0 spiro atoms. The van der Waals surface area contributed by atoms with Gasteiger partial charge in [0.1, 0.15) is 5.82 Å². The first-order valence-corrected chi connectivity index (χ1v) is 6.73. The number of nitro groups is 1. The molecule has 0 bridgehead atoms. The molecule has 1 heterocycles. The molecule has 112 valence electrons. The van der Waals surface area contributed by atoms with E-state index < -0.39 is 16.6 Å². The van der Waals surface area contributed by atoms with Crippen LogP contribution in [-0.4, -0.2) is 20.7 Å². The zero-order chi connectivity index (χ0) is 16.4. The van der Waals surface area contributed by atoms with Gasteiger partial charge in [-0.3, -0.25) is 14.9 Å². The lowest BCUT2D eigenvalue weighted by atomic mass is 9.98. The van der Waals surface area contributed by atoms with Gasteiger partial charge in [0.05, 0.1) is 22.0 Å². The van der Waals surface area contributed by atoms with Crippen LogP contribution in [0.25, 0.3) is 11.0 Å². The molecular weight excluding hydrogens is 296 g/mol. The predicted octanol–water partition coefficient (Wildman–Crippen LogP) is 2.96. The zero-order valence-electron chi connectivity index (χ0n) is 11.8. The van der Waals surface area contributed by atoms with Gasteiger partial charge in [0.2, 0.25) is 0 Å². The van der Waals surface area contributed by atoms with E-state index >= 15 is 0 Å². The number of hydrogen-bond donors (Lipinski definition) is 1. The van der Waals surface area contributed by atoms with Crippen LogP contribution in [0.2, 0.25) is 0 Å². The highest BCUT2D eigenvalue weighted by atomic mass is 16.6. The summed E-state index contributed by atoms with van der Waals surface area (Å²) in [6.07, 6.45) is 0. The number of nitriles is 1. The summed E-state index contributed by atoms with van der Waals surface area (Å²) < 4.78 is 0. The van der Waals surface area contributed by atoms with Crippen molar-refractivity contribution in [2.45, 2.75) is 5.92 Å². The molecule has 1 atom stereocenters. The maximum Gasteiger partial charge on any atom is 0.269 e. The minimum Gasteiger partial charge on any atom is -0.340 e. The van der Waals surface area contributed by atoms with Crippen LogP contribution in [-0.2, 0) is 0 Å². The highest BCUT2D eigenvalue weighted by molar-refractivity contribution is 6.02. The Morgan fingerprint density at radius 2 is 1.91 bits per heavy atom. The van der Waals surface area contributed by atoms with Gasteiger partial charge in [-0.2, -0.15) is 5.26 Å². The van der Waals surface area contributed by atoms with Gasteiger partial charge >= 0.3 is 0 Å². The van der Waals surface area contributed by atoms with Gasteiger partial charge in [0, 0.05) is 17.7 Å². The third-order valence-corrected chi connectivity index (χ3v) is 3.44. The number of ketones is 1. The number of fused-ring (bicyclic) bond motifs is 1. The van der Waals surface area contributed by atoms with Crippen molar-refractivity contribution in [1.29, 1.82) is 5.26 Å². The number of hydrogen-bond acceptors (Lipinski definition) is 5. The van der Waals surface area contributed by atoms with E-state index in [0.717, 1.165) is 5.52 Å². The van der Waals surface area contributed by atoms with E-state index in [9.17, 15) is 20.2 Å². The molecule has 0 amide bonds. The molecule has 1 N–H and O–H groups in total. The Morgan fingerprint density at radius 1 is 1.22 bits per heavy atom. The van der Waals surface area contributed by atoms with E-state index in [1.807, 2.05) is 18.2 Å². The first-order chi connectivity index (χ1) is 11.1. The fourth-order valence-electron chi connectivity index (χ4n) is 2.27. The van der Waals surface area contributed by atoms with E-state index in [2.05, 4.69) is 9.97 Å². The quantitative estimate of drug-likeness (QED) is 0.452. The summed E-state index contributed by atoms with van der Waals surface area (Å²) in [6, 6.07) is 14.3. The fourth-order valence-corrected chi connectivity index (χ4v) is 2.27. The normalized spacial score (nSPS) is 11.8. The van der Waals surface area contributed by atoms with Crippen LogP contribution in [0.1, 0.15) is 22.1 Å². The molecule has 7 heteroatoms. The molecule has 3 aromatic rings. The highest BCUT2D eigenvalue weighted by Gasteiger charge is 2.25. The molecule has 0 unspecified atom stereocenters. The molecule has 0 radical (unpaired) electrons. The Balaban J connectivity index is 1.95. The number of Topliss-reactive ketones (excluding diaryl/α,β-unsaturated/α-hetero) is 1. The second-order valence-electron chi connectivity index (χ2n) is 4.87. The summed E-state index contributed by atoms with van der Waals surface area (Å²) >= 11 is 0. The lowest BCUT2D eigenvalue weighted by Gasteiger charge is -2.05. The number of H-pyrrole nitrogens is 1. The number of para-hydroxylation sites is 2. The maximum atomic E-state index is 12.5. The molecule has 23 heavy (non-hydrogen) atoms. The van der Waals surface area contributed by atoms with Crippen molar-refractivity contribution in [3.63, 3.8) is 0 Å². The van der Waals surface area contributed by atoms with Gasteiger partial charge in [0.25, 0.3) is 5.69 Å². The number of non-ortho nitro benzene ring substituents is 1. The summed E-state index contributed by atoms with van der Waals surface area (Å²) in [5, 5.41) is 20.0. The molecular formula is C16H10N4O3. The van der Waals surface area contributed by atoms with Crippen LogP contribution in [0.3, 0.4) is 0 Å².